The Labute approximate surface area is 128 Å². The summed E-state index contributed by atoms with van der Waals surface area (Å²) in [6.45, 7) is 0.469. The van der Waals surface area contributed by atoms with E-state index in [1.54, 1.807) is 6.07 Å². The lowest BCUT2D eigenvalue weighted by molar-refractivity contribution is 0.0660. The molecule has 0 saturated carbocycles. The molecular weight excluding hydrogens is 278 g/mol. The summed E-state index contributed by atoms with van der Waals surface area (Å²) in [7, 11) is 0. The van der Waals surface area contributed by atoms with Crippen LogP contribution in [0.15, 0.2) is 59.0 Å². The molecule has 3 N–H and O–H groups in total. The fraction of sp³-hybridized carbons (Fsp3) is 0.167. The molecule has 4 nitrogen and oxygen atoms in total. The second-order valence-electron chi connectivity index (χ2n) is 5.28. The predicted molar refractivity (Wildman–Crippen MR) is 85.1 cm³/mol. The van der Waals surface area contributed by atoms with Gasteiger partial charge in [-0.2, -0.15) is 0 Å². The molecule has 0 amide bonds. The van der Waals surface area contributed by atoms with Crippen molar-refractivity contribution in [2.75, 3.05) is 6.54 Å². The highest BCUT2D eigenvalue weighted by molar-refractivity contribution is 5.86. The standard InChI is InChI=1S/C18H17NO3/c19-11-13(10-14-8-9-17(22-14)18(20)21)16-7-3-5-12-4-1-2-6-15(12)16/h1-9,13H,10-11,19H2,(H,20,21). The van der Waals surface area contributed by atoms with Crippen LogP contribution in [0.1, 0.15) is 27.8 Å². The maximum absolute atomic E-state index is 10.9. The Bertz CT molecular complexity index is 801. The van der Waals surface area contributed by atoms with E-state index in [4.69, 9.17) is 15.3 Å². The van der Waals surface area contributed by atoms with Gasteiger partial charge in [0.15, 0.2) is 0 Å². The van der Waals surface area contributed by atoms with E-state index in [1.165, 1.54) is 16.8 Å². The lowest BCUT2D eigenvalue weighted by atomic mass is 9.90. The van der Waals surface area contributed by atoms with E-state index >= 15 is 0 Å². The van der Waals surface area contributed by atoms with Crippen molar-refractivity contribution < 1.29 is 14.3 Å². The molecule has 0 aliphatic heterocycles. The number of benzene rings is 2. The van der Waals surface area contributed by atoms with Gasteiger partial charge in [-0.05, 0) is 35.0 Å². The van der Waals surface area contributed by atoms with Crippen molar-refractivity contribution >= 4 is 16.7 Å². The zero-order chi connectivity index (χ0) is 15.5. The lowest BCUT2D eigenvalue weighted by Crippen LogP contribution is -2.15. The van der Waals surface area contributed by atoms with E-state index in [2.05, 4.69) is 24.3 Å². The topological polar surface area (TPSA) is 76.5 Å². The van der Waals surface area contributed by atoms with Gasteiger partial charge in [-0.15, -0.1) is 0 Å². The number of aromatic carboxylic acids is 1. The molecule has 3 rings (SSSR count). The molecule has 112 valence electrons. The molecule has 0 bridgehead atoms. The molecule has 3 aromatic rings. The summed E-state index contributed by atoms with van der Waals surface area (Å²) >= 11 is 0. The summed E-state index contributed by atoms with van der Waals surface area (Å²) in [5.41, 5.74) is 7.11. The largest absolute Gasteiger partial charge is 0.475 e. The number of nitrogens with two attached hydrogens (primary N) is 1. The summed E-state index contributed by atoms with van der Waals surface area (Å²) in [6.07, 6.45) is 0.581. The Morgan fingerprint density at radius 1 is 1.09 bits per heavy atom. The maximum atomic E-state index is 10.9. The molecule has 1 unspecified atom stereocenters. The van der Waals surface area contributed by atoms with Crippen LogP contribution in [-0.4, -0.2) is 17.6 Å². The normalized spacial score (nSPS) is 12.4. The van der Waals surface area contributed by atoms with Crippen molar-refractivity contribution in [3.05, 3.63) is 71.7 Å². The van der Waals surface area contributed by atoms with Gasteiger partial charge in [0.2, 0.25) is 5.76 Å². The first-order chi connectivity index (χ1) is 10.7. The van der Waals surface area contributed by atoms with Crippen LogP contribution in [-0.2, 0) is 6.42 Å². The first-order valence-corrected chi connectivity index (χ1v) is 7.19. The molecular formula is C18H17NO3. The van der Waals surface area contributed by atoms with Gasteiger partial charge in [0, 0.05) is 12.3 Å². The number of carboxylic acid groups (broad SMARTS) is 1. The number of fused-ring (bicyclic) bond motifs is 1. The van der Waals surface area contributed by atoms with Crippen LogP contribution < -0.4 is 5.73 Å². The van der Waals surface area contributed by atoms with Gasteiger partial charge in [-0.3, -0.25) is 0 Å². The zero-order valence-corrected chi connectivity index (χ0v) is 12.0. The van der Waals surface area contributed by atoms with Crippen LogP contribution in [0.25, 0.3) is 10.8 Å². The third-order valence-electron chi connectivity index (χ3n) is 3.87. The van der Waals surface area contributed by atoms with Gasteiger partial charge in [0.1, 0.15) is 5.76 Å². The van der Waals surface area contributed by atoms with E-state index in [1.807, 2.05) is 18.2 Å². The van der Waals surface area contributed by atoms with E-state index in [-0.39, 0.29) is 11.7 Å². The summed E-state index contributed by atoms with van der Waals surface area (Å²) < 4.78 is 5.36. The predicted octanol–water partition coefficient (Wildman–Crippen LogP) is 3.42. The molecule has 4 heteroatoms. The summed E-state index contributed by atoms with van der Waals surface area (Å²) in [4.78, 5) is 10.9. The van der Waals surface area contributed by atoms with Crippen LogP contribution >= 0.6 is 0 Å². The molecule has 1 heterocycles. The fourth-order valence-electron chi connectivity index (χ4n) is 2.77. The molecule has 1 aromatic heterocycles. The van der Waals surface area contributed by atoms with Crippen LogP contribution in [0.3, 0.4) is 0 Å². The number of hydrogen-bond acceptors (Lipinski definition) is 3. The first kappa shape index (κ1) is 14.4. The minimum absolute atomic E-state index is 0.0382. The monoisotopic (exact) mass is 295 g/mol. The third kappa shape index (κ3) is 2.73. The second-order valence-corrected chi connectivity index (χ2v) is 5.28. The van der Waals surface area contributed by atoms with Gasteiger partial charge in [-0.1, -0.05) is 42.5 Å². The average molecular weight is 295 g/mol. The highest BCUT2D eigenvalue weighted by atomic mass is 16.4. The number of rotatable bonds is 5. The minimum atomic E-state index is -1.05. The summed E-state index contributed by atoms with van der Waals surface area (Å²) in [5, 5.41) is 11.3. The Morgan fingerprint density at radius 2 is 1.86 bits per heavy atom. The van der Waals surface area contributed by atoms with E-state index < -0.39 is 5.97 Å². The van der Waals surface area contributed by atoms with Crippen LogP contribution in [0.4, 0.5) is 0 Å². The quantitative estimate of drug-likeness (QED) is 0.756. The van der Waals surface area contributed by atoms with Crippen molar-refractivity contribution in [1.29, 1.82) is 0 Å². The van der Waals surface area contributed by atoms with Gasteiger partial charge < -0.3 is 15.3 Å². The highest BCUT2D eigenvalue weighted by Crippen LogP contribution is 2.28. The first-order valence-electron chi connectivity index (χ1n) is 7.19. The molecule has 1 atom stereocenters. The molecule has 0 fully saturated rings. The van der Waals surface area contributed by atoms with Gasteiger partial charge in [-0.25, -0.2) is 4.79 Å². The van der Waals surface area contributed by atoms with Gasteiger partial charge in [0.25, 0.3) is 0 Å². The van der Waals surface area contributed by atoms with Crippen LogP contribution in [0.2, 0.25) is 0 Å². The molecule has 0 aliphatic carbocycles. The minimum Gasteiger partial charge on any atom is -0.475 e. The Kier molecular flexibility index (Phi) is 3.94. The molecule has 0 saturated heterocycles. The van der Waals surface area contributed by atoms with Crippen molar-refractivity contribution in [2.45, 2.75) is 12.3 Å². The fourth-order valence-corrected chi connectivity index (χ4v) is 2.77. The third-order valence-corrected chi connectivity index (χ3v) is 3.87. The van der Waals surface area contributed by atoms with Crippen molar-refractivity contribution in [1.82, 2.24) is 0 Å². The Hall–Kier alpha value is -2.59. The molecule has 22 heavy (non-hydrogen) atoms. The van der Waals surface area contributed by atoms with Gasteiger partial charge in [0.05, 0.1) is 0 Å². The summed E-state index contributed by atoms with van der Waals surface area (Å²) in [6, 6.07) is 17.5. The molecule has 2 aromatic carbocycles. The highest BCUT2D eigenvalue weighted by Gasteiger charge is 2.17. The van der Waals surface area contributed by atoms with E-state index in [9.17, 15) is 4.79 Å². The van der Waals surface area contributed by atoms with E-state index in [0.29, 0.717) is 18.7 Å². The smallest absolute Gasteiger partial charge is 0.371 e. The number of carbonyl (C=O) groups is 1. The Balaban J connectivity index is 1.94. The summed E-state index contributed by atoms with van der Waals surface area (Å²) in [5.74, 6) is -0.371. The van der Waals surface area contributed by atoms with Crippen molar-refractivity contribution in [2.24, 2.45) is 5.73 Å². The number of hydrogen-bond donors (Lipinski definition) is 2. The van der Waals surface area contributed by atoms with Crippen LogP contribution in [0.5, 0.6) is 0 Å². The van der Waals surface area contributed by atoms with E-state index in [0.717, 1.165) is 5.56 Å². The molecule has 0 radical (unpaired) electrons. The Morgan fingerprint density at radius 3 is 2.59 bits per heavy atom. The number of carboxylic acids is 1. The zero-order valence-electron chi connectivity index (χ0n) is 12.0. The second kappa shape index (κ2) is 6.03. The van der Waals surface area contributed by atoms with Gasteiger partial charge >= 0.3 is 5.97 Å². The lowest BCUT2D eigenvalue weighted by Gasteiger charge is -2.16. The molecule has 0 spiro atoms. The average Bonchev–Trinajstić information content (AvgIpc) is 3.01. The SMILES string of the molecule is NCC(Cc1ccc(C(=O)O)o1)c1cccc2ccccc12. The maximum Gasteiger partial charge on any atom is 0.371 e. The van der Waals surface area contributed by atoms with Crippen LogP contribution in [0, 0.1) is 0 Å². The number of furan rings is 1. The molecule has 0 aliphatic rings. The van der Waals surface area contributed by atoms with Crippen molar-refractivity contribution in [3.63, 3.8) is 0 Å². The van der Waals surface area contributed by atoms with Crippen molar-refractivity contribution in [3.8, 4) is 0 Å².